The van der Waals surface area contributed by atoms with Crippen LogP contribution in [0.3, 0.4) is 0 Å². The van der Waals surface area contributed by atoms with Crippen LogP contribution in [0.15, 0.2) is 24.3 Å². The van der Waals surface area contributed by atoms with Gasteiger partial charge in [0, 0.05) is 0 Å². The predicted molar refractivity (Wildman–Crippen MR) is 45.4 cm³/mol. The predicted octanol–water partition coefficient (Wildman–Crippen LogP) is 1.02. The van der Waals surface area contributed by atoms with Crippen LogP contribution in [-0.4, -0.2) is 32.0 Å². The summed E-state index contributed by atoms with van der Waals surface area (Å²) in [5, 5.41) is 2.02. The Bertz CT molecular complexity index is 185. The van der Waals surface area contributed by atoms with E-state index in [1.165, 1.54) is 11.1 Å². The topological polar surface area (TPSA) is 0 Å². The number of hydrogen-bond donors (Lipinski definition) is 0. The molecule has 2 heteroatoms. The Balaban J connectivity index is 2.96. The molecular weight excluding hydrogens is 254 g/mol. The van der Waals surface area contributed by atoms with Gasteiger partial charge in [0.2, 0.25) is 0 Å². The van der Waals surface area contributed by atoms with E-state index >= 15 is 0 Å². The van der Waals surface area contributed by atoms with Gasteiger partial charge in [0.05, 0.1) is 0 Å². The fourth-order valence-electron chi connectivity index (χ4n) is 0.839. The summed E-state index contributed by atoms with van der Waals surface area (Å²) < 4.78 is 0. The molecule has 0 atom stereocenters. The zero-order valence-electron chi connectivity index (χ0n) is 5.54. The molecule has 0 unspecified atom stereocenters. The fourth-order valence-corrected chi connectivity index (χ4v) is 2.02. The van der Waals surface area contributed by atoms with E-state index in [1.807, 2.05) is 0 Å². The summed E-state index contributed by atoms with van der Waals surface area (Å²) >= 11 is 6.04. The van der Waals surface area contributed by atoms with Gasteiger partial charge < -0.3 is 0 Å². The van der Waals surface area contributed by atoms with E-state index in [0.29, 0.717) is 0 Å². The van der Waals surface area contributed by atoms with Crippen molar-refractivity contribution in [3.05, 3.63) is 35.4 Å². The molecule has 0 radical (unpaired) electrons. The standard InChI is InChI=1S/C8H10Se2/c9-5-7-3-1-2-4-8(7)6-10/h1-4,9-10H,5-6H2/p-2. The van der Waals surface area contributed by atoms with Crippen LogP contribution in [0, 0.1) is 0 Å². The molecule has 0 nitrogen and oxygen atoms in total. The van der Waals surface area contributed by atoms with Crippen molar-refractivity contribution in [2.45, 2.75) is 10.6 Å². The molecule has 10 heavy (non-hydrogen) atoms. The van der Waals surface area contributed by atoms with E-state index in [-0.39, 0.29) is 0 Å². The first-order valence-corrected chi connectivity index (χ1v) is 5.53. The molecule has 0 aliphatic rings. The molecule has 1 aromatic rings. The van der Waals surface area contributed by atoms with Crippen molar-refractivity contribution < 1.29 is 0 Å². The fraction of sp³-hybridized carbons (Fsp3) is 0.250. The Hall–Kier alpha value is 0.259. The van der Waals surface area contributed by atoms with Crippen LogP contribution in [0.25, 0.3) is 0 Å². The number of rotatable bonds is 2. The summed E-state index contributed by atoms with van der Waals surface area (Å²) in [6.07, 6.45) is 0. The van der Waals surface area contributed by atoms with Gasteiger partial charge in [-0.3, -0.25) is 0 Å². The Morgan fingerprint density at radius 3 is 1.60 bits per heavy atom. The Labute approximate surface area is 78.0 Å². The molecule has 54 valence electrons. The van der Waals surface area contributed by atoms with E-state index in [4.69, 9.17) is 0 Å². The second-order valence-electron chi connectivity index (χ2n) is 2.06. The molecule has 0 aliphatic carbocycles. The SMILES string of the molecule is [Se-]Cc1ccccc1C[Se-]. The first-order valence-electron chi connectivity index (χ1n) is 3.11. The van der Waals surface area contributed by atoms with Crippen molar-refractivity contribution in [2.24, 2.45) is 0 Å². The normalized spacial score (nSPS) is 9.80. The van der Waals surface area contributed by atoms with Gasteiger partial charge in [0.25, 0.3) is 0 Å². The molecule has 0 N–H and O–H groups in total. The molecule has 0 amide bonds. The van der Waals surface area contributed by atoms with E-state index in [1.54, 1.807) is 0 Å². The van der Waals surface area contributed by atoms with E-state index in [2.05, 4.69) is 56.3 Å². The monoisotopic (exact) mass is 264 g/mol. The molecule has 0 fully saturated rings. The molecule has 1 rings (SSSR count). The van der Waals surface area contributed by atoms with Gasteiger partial charge >= 0.3 is 78.1 Å². The van der Waals surface area contributed by atoms with Crippen LogP contribution in [0.1, 0.15) is 11.1 Å². The van der Waals surface area contributed by atoms with Crippen molar-refractivity contribution in [1.82, 2.24) is 0 Å². The molecule has 0 saturated heterocycles. The Morgan fingerprint density at radius 2 is 1.30 bits per heavy atom. The number of benzene rings is 1. The second kappa shape index (κ2) is 4.20. The molecule has 0 spiro atoms. The Kier molecular flexibility index (Phi) is 3.51. The summed E-state index contributed by atoms with van der Waals surface area (Å²) in [5.74, 6) is 0. The second-order valence-corrected chi connectivity index (χ2v) is 3.27. The summed E-state index contributed by atoms with van der Waals surface area (Å²) in [4.78, 5) is 0. The average molecular weight is 262 g/mol. The van der Waals surface area contributed by atoms with Crippen LogP contribution in [0.4, 0.5) is 0 Å². The Morgan fingerprint density at radius 1 is 0.900 bits per heavy atom. The van der Waals surface area contributed by atoms with Crippen LogP contribution < -0.4 is 0 Å². The molecule has 0 heterocycles. The van der Waals surface area contributed by atoms with Crippen LogP contribution in [0.5, 0.6) is 0 Å². The van der Waals surface area contributed by atoms with E-state index in [9.17, 15) is 0 Å². The van der Waals surface area contributed by atoms with Gasteiger partial charge in [-0.05, 0) is 0 Å². The third kappa shape index (κ3) is 1.87. The van der Waals surface area contributed by atoms with Gasteiger partial charge in [0.1, 0.15) is 0 Å². The van der Waals surface area contributed by atoms with Crippen molar-refractivity contribution in [1.29, 1.82) is 0 Å². The minimum atomic E-state index is 1.01. The van der Waals surface area contributed by atoms with Gasteiger partial charge in [-0.15, -0.1) is 0 Å². The van der Waals surface area contributed by atoms with Crippen molar-refractivity contribution in [3.63, 3.8) is 0 Å². The maximum atomic E-state index is 3.02. The quantitative estimate of drug-likeness (QED) is 0.698. The maximum absolute atomic E-state index is 3.02. The summed E-state index contributed by atoms with van der Waals surface area (Å²) in [5.41, 5.74) is 2.81. The molecule has 1 aromatic carbocycles. The molecule has 0 bridgehead atoms. The van der Waals surface area contributed by atoms with Gasteiger partial charge in [0.15, 0.2) is 0 Å². The third-order valence-electron chi connectivity index (χ3n) is 1.43. The van der Waals surface area contributed by atoms with Gasteiger partial charge in [-0.2, -0.15) is 0 Å². The molecular formula is C8H8Se2-2. The summed E-state index contributed by atoms with van der Waals surface area (Å²) in [7, 11) is 0. The summed E-state index contributed by atoms with van der Waals surface area (Å²) in [6, 6.07) is 8.46. The zero-order valence-corrected chi connectivity index (χ0v) is 8.97. The first kappa shape index (κ1) is 8.36. The van der Waals surface area contributed by atoms with Gasteiger partial charge in [-0.1, -0.05) is 0 Å². The average Bonchev–Trinajstić information content (AvgIpc) is 2.04. The van der Waals surface area contributed by atoms with Crippen LogP contribution in [0.2, 0.25) is 0 Å². The molecule has 0 aromatic heterocycles. The summed E-state index contributed by atoms with van der Waals surface area (Å²) in [6.45, 7) is 0. The van der Waals surface area contributed by atoms with Crippen molar-refractivity contribution >= 4 is 32.0 Å². The third-order valence-corrected chi connectivity index (χ3v) is 2.73. The van der Waals surface area contributed by atoms with Crippen molar-refractivity contribution in [2.75, 3.05) is 0 Å². The van der Waals surface area contributed by atoms with Crippen LogP contribution >= 0.6 is 0 Å². The van der Waals surface area contributed by atoms with E-state index in [0.717, 1.165) is 10.6 Å². The van der Waals surface area contributed by atoms with Crippen LogP contribution in [-0.2, 0) is 10.6 Å². The first-order chi connectivity index (χ1) is 4.88. The number of hydrogen-bond acceptors (Lipinski definition) is 0. The zero-order chi connectivity index (χ0) is 7.40. The van der Waals surface area contributed by atoms with E-state index < -0.39 is 0 Å². The van der Waals surface area contributed by atoms with Gasteiger partial charge in [-0.25, -0.2) is 0 Å². The minimum absolute atomic E-state index is 1.01. The van der Waals surface area contributed by atoms with Crippen molar-refractivity contribution in [3.8, 4) is 0 Å². The molecule has 0 saturated carbocycles. The molecule has 0 aliphatic heterocycles.